The van der Waals surface area contributed by atoms with Gasteiger partial charge in [-0.15, -0.1) is 0 Å². The Bertz CT molecular complexity index is 1220. The number of hydrogen-bond acceptors (Lipinski definition) is 7. The van der Waals surface area contributed by atoms with Gasteiger partial charge in [-0.2, -0.15) is 5.10 Å². The van der Waals surface area contributed by atoms with Crippen molar-refractivity contribution >= 4 is 15.7 Å². The Morgan fingerprint density at radius 2 is 1.41 bits per heavy atom. The van der Waals surface area contributed by atoms with Gasteiger partial charge in [-0.05, 0) is 35.4 Å². The standard InChI is InChI=1S/C25H28N2O6S/c1-30-21-14-20(15-22(16-21)31-2)23(12-19-10-11-24(32-3)25(13-19)33-4)26-27-34(28,29)17-18-8-6-5-7-9-18/h5-11,13-16,27H,12,17H2,1-4H3. The van der Waals surface area contributed by atoms with Gasteiger partial charge in [0.15, 0.2) is 11.5 Å². The smallest absolute Gasteiger partial charge is 0.251 e. The SMILES string of the molecule is COc1cc(OC)cc(C(Cc2ccc(OC)c(OC)c2)=NNS(=O)(=O)Cc2ccccc2)c1. The number of rotatable bonds is 11. The second-order valence-electron chi connectivity index (χ2n) is 7.36. The number of sulfonamides is 1. The summed E-state index contributed by atoms with van der Waals surface area (Å²) in [6.07, 6.45) is 0.310. The van der Waals surface area contributed by atoms with E-state index in [0.717, 1.165) is 5.56 Å². The van der Waals surface area contributed by atoms with E-state index in [9.17, 15) is 8.42 Å². The molecule has 0 aliphatic rings. The molecule has 0 atom stereocenters. The third-order valence-corrected chi connectivity index (χ3v) is 6.11. The maximum Gasteiger partial charge on any atom is 0.251 e. The van der Waals surface area contributed by atoms with Crippen molar-refractivity contribution in [2.24, 2.45) is 5.10 Å². The Hall–Kier alpha value is -3.72. The fraction of sp³-hybridized carbons (Fsp3) is 0.240. The molecule has 0 heterocycles. The minimum Gasteiger partial charge on any atom is -0.497 e. The average molecular weight is 485 g/mol. The molecule has 0 unspecified atom stereocenters. The Kier molecular flexibility index (Phi) is 8.37. The van der Waals surface area contributed by atoms with Gasteiger partial charge >= 0.3 is 0 Å². The average Bonchev–Trinajstić information content (AvgIpc) is 2.86. The molecule has 0 saturated heterocycles. The van der Waals surface area contributed by atoms with Crippen LogP contribution < -0.4 is 23.8 Å². The summed E-state index contributed by atoms with van der Waals surface area (Å²) in [6, 6.07) is 19.7. The van der Waals surface area contributed by atoms with Crippen molar-refractivity contribution in [1.29, 1.82) is 0 Å². The largest absolute Gasteiger partial charge is 0.497 e. The molecule has 0 saturated carbocycles. The molecule has 3 aromatic carbocycles. The van der Waals surface area contributed by atoms with Gasteiger partial charge in [0.2, 0.25) is 0 Å². The fourth-order valence-electron chi connectivity index (χ4n) is 3.31. The van der Waals surface area contributed by atoms with Crippen LogP contribution in [-0.4, -0.2) is 42.6 Å². The lowest BCUT2D eigenvalue weighted by molar-refractivity contribution is 0.354. The molecule has 0 spiro atoms. The van der Waals surface area contributed by atoms with Crippen LogP contribution in [0.3, 0.4) is 0 Å². The maximum absolute atomic E-state index is 12.7. The highest BCUT2D eigenvalue weighted by Gasteiger charge is 2.15. The number of benzene rings is 3. The zero-order valence-electron chi connectivity index (χ0n) is 19.6. The molecule has 9 heteroatoms. The Labute approximate surface area is 200 Å². The number of nitrogens with zero attached hydrogens (tertiary/aromatic N) is 1. The van der Waals surface area contributed by atoms with Gasteiger partial charge in [-0.3, -0.25) is 0 Å². The highest BCUT2D eigenvalue weighted by Crippen LogP contribution is 2.29. The van der Waals surface area contributed by atoms with Gasteiger partial charge in [0.25, 0.3) is 10.0 Å². The molecule has 1 N–H and O–H groups in total. The van der Waals surface area contributed by atoms with Gasteiger partial charge in [0.1, 0.15) is 11.5 Å². The first-order valence-corrected chi connectivity index (χ1v) is 12.1. The first-order valence-electron chi connectivity index (χ1n) is 10.4. The first-order chi connectivity index (χ1) is 16.4. The molecule has 0 aliphatic heterocycles. The third-order valence-electron chi connectivity index (χ3n) is 5.02. The fourth-order valence-corrected chi connectivity index (χ4v) is 4.26. The van der Waals surface area contributed by atoms with Crippen LogP contribution in [0.1, 0.15) is 16.7 Å². The highest BCUT2D eigenvalue weighted by atomic mass is 32.2. The summed E-state index contributed by atoms with van der Waals surface area (Å²) in [5, 5.41) is 4.30. The summed E-state index contributed by atoms with van der Waals surface area (Å²) in [5.74, 6) is 2.08. The number of hydrazone groups is 1. The first kappa shape index (κ1) is 24.9. The molecule has 34 heavy (non-hydrogen) atoms. The summed E-state index contributed by atoms with van der Waals surface area (Å²) < 4.78 is 46.9. The van der Waals surface area contributed by atoms with Crippen molar-refractivity contribution in [3.63, 3.8) is 0 Å². The summed E-state index contributed by atoms with van der Waals surface area (Å²) in [6.45, 7) is 0. The minimum atomic E-state index is -3.73. The molecule has 0 bridgehead atoms. The number of methoxy groups -OCH3 is 4. The van der Waals surface area contributed by atoms with Gasteiger partial charge in [-0.25, -0.2) is 13.2 Å². The van der Waals surface area contributed by atoms with Crippen molar-refractivity contribution in [3.05, 3.63) is 83.4 Å². The van der Waals surface area contributed by atoms with Crippen LogP contribution in [0.5, 0.6) is 23.0 Å². The van der Waals surface area contributed by atoms with E-state index >= 15 is 0 Å². The van der Waals surface area contributed by atoms with Crippen LogP contribution in [0, 0.1) is 0 Å². The quantitative estimate of drug-likeness (QED) is 0.329. The van der Waals surface area contributed by atoms with Gasteiger partial charge in [0, 0.05) is 18.1 Å². The second kappa shape index (κ2) is 11.4. The van der Waals surface area contributed by atoms with E-state index in [4.69, 9.17) is 18.9 Å². The molecule has 3 aromatic rings. The molecule has 8 nitrogen and oxygen atoms in total. The van der Waals surface area contributed by atoms with Gasteiger partial charge < -0.3 is 18.9 Å². The highest BCUT2D eigenvalue weighted by molar-refractivity contribution is 7.88. The molecular formula is C25H28N2O6S. The lowest BCUT2D eigenvalue weighted by Gasteiger charge is -2.14. The van der Waals surface area contributed by atoms with Crippen molar-refractivity contribution in [3.8, 4) is 23.0 Å². The zero-order valence-corrected chi connectivity index (χ0v) is 20.4. The topological polar surface area (TPSA) is 95.4 Å². The van der Waals surface area contributed by atoms with E-state index in [1.165, 1.54) is 0 Å². The zero-order chi connectivity index (χ0) is 24.6. The Balaban J connectivity index is 1.98. The molecular weight excluding hydrogens is 456 g/mol. The number of nitrogens with one attached hydrogen (secondary N) is 1. The van der Waals surface area contributed by atoms with E-state index in [-0.39, 0.29) is 5.75 Å². The lowest BCUT2D eigenvalue weighted by atomic mass is 10.0. The molecule has 0 fully saturated rings. The van der Waals surface area contributed by atoms with E-state index in [1.807, 2.05) is 18.2 Å². The molecule has 0 radical (unpaired) electrons. The van der Waals surface area contributed by atoms with Gasteiger partial charge in [-0.1, -0.05) is 36.4 Å². The van der Waals surface area contributed by atoms with Crippen LogP contribution in [0.4, 0.5) is 0 Å². The van der Waals surface area contributed by atoms with Crippen LogP contribution in [0.25, 0.3) is 0 Å². The number of hydrogen-bond donors (Lipinski definition) is 1. The van der Waals surface area contributed by atoms with E-state index in [1.54, 1.807) is 77.0 Å². The van der Waals surface area contributed by atoms with Crippen molar-refractivity contribution in [2.45, 2.75) is 12.2 Å². The normalized spacial score (nSPS) is 11.6. The monoisotopic (exact) mass is 484 g/mol. The lowest BCUT2D eigenvalue weighted by Crippen LogP contribution is -2.23. The van der Waals surface area contributed by atoms with Crippen molar-refractivity contribution < 1.29 is 27.4 Å². The maximum atomic E-state index is 12.7. The summed E-state index contributed by atoms with van der Waals surface area (Å²) >= 11 is 0. The Morgan fingerprint density at radius 1 is 0.765 bits per heavy atom. The van der Waals surface area contributed by atoms with E-state index in [2.05, 4.69) is 9.93 Å². The van der Waals surface area contributed by atoms with Gasteiger partial charge in [0.05, 0.1) is 39.9 Å². The number of ether oxygens (including phenoxy) is 4. The molecule has 0 aromatic heterocycles. The van der Waals surface area contributed by atoms with Crippen LogP contribution in [-0.2, 0) is 22.2 Å². The second-order valence-corrected chi connectivity index (χ2v) is 9.06. The molecule has 0 aliphatic carbocycles. The van der Waals surface area contributed by atoms with Crippen molar-refractivity contribution in [1.82, 2.24) is 4.83 Å². The summed E-state index contributed by atoms with van der Waals surface area (Å²) in [4.78, 5) is 2.38. The summed E-state index contributed by atoms with van der Waals surface area (Å²) in [5.41, 5.74) is 2.63. The Morgan fingerprint density at radius 3 is 2.00 bits per heavy atom. The summed E-state index contributed by atoms with van der Waals surface area (Å²) in [7, 11) is 2.49. The third kappa shape index (κ3) is 6.64. The van der Waals surface area contributed by atoms with E-state index < -0.39 is 10.0 Å². The molecule has 180 valence electrons. The minimum absolute atomic E-state index is 0.192. The van der Waals surface area contributed by atoms with Crippen LogP contribution in [0.15, 0.2) is 71.8 Å². The molecule has 0 amide bonds. The molecule has 3 rings (SSSR count). The van der Waals surface area contributed by atoms with Crippen molar-refractivity contribution in [2.75, 3.05) is 28.4 Å². The predicted molar refractivity (Wildman–Crippen MR) is 132 cm³/mol. The van der Waals surface area contributed by atoms with E-state index in [0.29, 0.717) is 46.3 Å². The van der Waals surface area contributed by atoms with Crippen LogP contribution in [0.2, 0.25) is 0 Å². The van der Waals surface area contributed by atoms with Crippen LogP contribution >= 0.6 is 0 Å². The predicted octanol–water partition coefficient (Wildman–Crippen LogP) is 3.79.